The number of halogens is 1. The Morgan fingerprint density at radius 3 is 3.05 bits per heavy atom. The SMILES string of the molecule is NCC1CCCN1C(=O)c1cnc(-c2ccccc2F)s1. The number of nitrogens with zero attached hydrogens (tertiary/aromatic N) is 2. The second kappa shape index (κ2) is 5.91. The molecule has 1 saturated heterocycles. The van der Waals surface area contributed by atoms with E-state index in [4.69, 9.17) is 5.73 Å². The van der Waals surface area contributed by atoms with E-state index < -0.39 is 0 Å². The topological polar surface area (TPSA) is 59.2 Å². The number of amides is 1. The highest BCUT2D eigenvalue weighted by molar-refractivity contribution is 7.16. The minimum atomic E-state index is -0.327. The van der Waals surface area contributed by atoms with Gasteiger partial charge in [0.1, 0.15) is 15.7 Å². The van der Waals surface area contributed by atoms with Crippen molar-refractivity contribution in [2.45, 2.75) is 18.9 Å². The van der Waals surface area contributed by atoms with Gasteiger partial charge in [-0.15, -0.1) is 11.3 Å². The standard InChI is InChI=1S/C15H16FN3OS/c16-12-6-2-1-5-11(12)14-18-9-13(21-14)15(20)19-7-3-4-10(19)8-17/h1-2,5-6,9-10H,3-4,7-8,17H2. The predicted molar refractivity (Wildman–Crippen MR) is 80.6 cm³/mol. The highest BCUT2D eigenvalue weighted by Gasteiger charge is 2.29. The van der Waals surface area contributed by atoms with Gasteiger partial charge in [0, 0.05) is 24.7 Å². The highest BCUT2D eigenvalue weighted by atomic mass is 32.1. The van der Waals surface area contributed by atoms with Gasteiger partial charge in [0.2, 0.25) is 0 Å². The first-order valence-electron chi connectivity index (χ1n) is 6.92. The third-order valence-corrected chi connectivity index (χ3v) is 4.75. The lowest BCUT2D eigenvalue weighted by atomic mass is 10.2. The van der Waals surface area contributed by atoms with Crippen molar-refractivity contribution in [1.29, 1.82) is 0 Å². The minimum absolute atomic E-state index is 0.0527. The average Bonchev–Trinajstić information content (AvgIpc) is 3.16. The summed E-state index contributed by atoms with van der Waals surface area (Å²) in [5.74, 6) is -0.380. The first-order valence-corrected chi connectivity index (χ1v) is 7.74. The summed E-state index contributed by atoms with van der Waals surface area (Å²) in [5.41, 5.74) is 6.13. The Bertz CT molecular complexity index is 658. The van der Waals surface area contributed by atoms with Crippen molar-refractivity contribution in [3.63, 3.8) is 0 Å². The number of likely N-dealkylation sites (tertiary alicyclic amines) is 1. The van der Waals surface area contributed by atoms with Gasteiger partial charge in [0.05, 0.1) is 6.20 Å². The zero-order chi connectivity index (χ0) is 14.8. The van der Waals surface area contributed by atoms with Gasteiger partial charge in [-0.05, 0) is 25.0 Å². The summed E-state index contributed by atoms with van der Waals surface area (Å²) in [6.07, 6.45) is 3.45. The largest absolute Gasteiger partial charge is 0.334 e. The molecule has 4 nitrogen and oxygen atoms in total. The molecular weight excluding hydrogens is 289 g/mol. The van der Waals surface area contributed by atoms with E-state index in [0.29, 0.717) is 22.0 Å². The number of carbonyl (C=O) groups is 1. The lowest BCUT2D eigenvalue weighted by molar-refractivity contribution is 0.0746. The van der Waals surface area contributed by atoms with E-state index in [1.54, 1.807) is 23.1 Å². The van der Waals surface area contributed by atoms with E-state index in [9.17, 15) is 9.18 Å². The molecule has 1 atom stereocenters. The van der Waals surface area contributed by atoms with E-state index in [2.05, 4.69) is 4.98 Å². The summed E-state index contributed by atoms with van der Waals surface area (Å²) >= 11 is 1.22. The maximum absolute atomic E-state index is 13.8. The number of aromatic nitrogens is 1. The molecule has 1 fully saturated rings. The summed E-state index contributed by atoms with van der Waals surface area (Å²) in [4.78, 5) is 19.0. The molecule has 110 valence electrons. The summed E-state index contributed by atoms with van der Waals surface area (Å²) in [5, 5.41) is 0.528. The molecule has 2 aromatic rings. The van der Waals surface area contributed by atoms with Crippen LogP contribution in [0, 0.1) is 5.82 Å². The van der Waals surface area contributed by atoms with Crippen LogP contribution in [0.1, 0.15) is 22.5 Å². The van der Waals surface area contributed by atoms with Gasteiger partial charge in [0.15, 0.2) is 0 Å². The number of hydrogen-bond donors (Lipinski definition) is 1. The summed E-state index contributed by atoms with van der Waals surface area (Å²) in [6.45, 7) is 1.21. The molecule has 21 heavy (non-hydrogen) atoms. The summed E-state index contributed by atoms with van der Waals surface area (Å²) in [7, 11) is 0. The van der Waals surface area contributed by atoms with Crippen molar-refractivity contribution in [2.75, 3.05) is 13.1 Å². The van der Waals surface area contributed by atoms with Gasteiger partial charge < -0.3 is 10.6 Å². The molecule has 1 unspecified atom stereocenters. The van der Waals surface area contributed by atoms with Crippen LogP contribution in [0.5, 0.6) is 0 Å². The van der Waals surface area contributed by atoms with Gasteiger partial charge in [-0.2, -0.15) is 0 Å². The lowest BCUT2D eigenvalue weighted by Gasteiger charge is -2.22. The normalized spacial score (nSPS) is 18.2. The van der Waals surface area contributed by atoms with Crippen LogP contribution >= 0.6 is 11.3 Å². The second-order valence-corrected chi connectivity index (χ2v) is 6.07. The Morgan fingerprint density at radius 2 is 2.29 bits per heavy atom. The van der Waals surface area contributed by atoms with Gasteiger partial charge in [-0.1, -0.05) is 12.1 Å². The highest BCUT2D eigenvalue weighted by Crippen LogP contribution is 2.29. The Hall–Kier alpha value is -1.79. The molecule has 1 amide bonds. The van der Waals surface area contributed by atoms with Gasteiger partial charge in [0.25, 0.3) is 5.91 Å². The number of benzene rings is 1. The van der Waals surface area contributed by atoms with Crippen LogP contribution in [0.15, 0.2) is 30.5 Å². The van der Waals surface area contributed by atoms with Gasteiger partial charge in [-0.3, -0.25) is 4.79 Å². The molecule has 3 rings (SSSR count). The molecule has 2 heterocycles. The fourth-order valence-electron chi connectivity index (χ4n) is 2.62. The average molecular weight is 305 g/mol. The maximum Gasteiger partial charge on any atom is 0.265 e. The molecule has 1 aliphatic heterocycles. The first kappa shape index (κ1) is 14.2. The molecule has 0 spiro atoms. The zero-order valence-electron chi connectivity index (χ0n) is 11.5. The Balaban J connectivity index is 1.85. The molecule has 1 aromatic heterocycles. The maximum atomic E-state index is 13.8. The van der Waals surface area contributed by atoms with E-state index >= 15 is 0 Å². The molecule has 1 aliphatic rings. The Morgan fingerprint density at radius 1 is 1.48 bits per heavy atom. The van der Waals surface area contributed by atoms with E-state index in [1.807, 2.05) is 0 Å². The number of thiazole rings is 1. The van der Waals surface area contributed by atoms with Crippen LogP contribution in [0.2, 0.25) is 0 Å². The molecule has 0 radical (unpaired) electrons. The van der Waals surface area contributed by atoms with E-state index in [1.165, 1.54) is 23.6 Å². The van der Waals surface area contributed by atoms with Gasteiger partial charge in [-0.25, -0.2) is 9.37 Å². The van der Waals surface area contributed by atoms with Gasteiger partial charge >= 0.3 is 0 Å². The molecular formula is C15H16FN3OS. The van der Waals surface area contributed by atoms with Crippen LogP contribution in [0.4, 0.5) is 4.39 Å². The van der Waals surface area contributed by atoms with Crippen molar-refractivity contribution in [2.24, 2.45) is 5.73 Å². The minimum Gasteiger partial charge on any atom is -0.334 e. The predicted octanol–water partition coefficient (Wildman–Crippen LogP) is 2.51. The third kappa shape index (κ3) is 2.69. The number of nitrogens with two attached hydrogens (primary N) is 1. The van der Waals surface area contributed by atoms with Crippen molar-refractivity contribution in [3.8, 4) is 10.6 Å². The number of carbonyl (C=O) groups excluding carboxylic acids is 1. The van der Waals surface area contributed by atoms with Crippen molar-refractivity contribution in [1.82, 2.24) is 9.88 Å². The van der Waals surface area contributed by atoms with Crippen LogP contribution in [0.3, 0.4) is 0 Å². The summed E-state index contributed by atoms with van der Waals surface area (Å²) < 4.78 is 13.8. The molecule has 0 aliphatic carbocycles. The van der Waals surface area contributed by atoms with Crippen LogP contribution < -0.4 is 5.73 Å². The smallest absolute Gasteiger partial charge is 0.265 e. The summed E-state index contributed by atoms with van der Waals surface area (Å²) in [6, 6.07) is 6.56. The molecule has 1 aromatic carbocycles. The first-order chi connectivity index (χ1) is 10.2. The quantitative estimate of drug-likeness (QED) is 0.948. The van der Waals surface area contributed by atoms with E-state index in [0.717, 1.165) is 19.4 Å². The second-order valence-electron chi connectivity index (χ2n) is 5.04. The van der Waals surface area contributed by atoms with Crippen LogP contribution in [-0.4, -0.2) is 34.9 Å². The monoisotopic (exact) mass is 305 g/mol. The molecule has 2 N–H and O–H groups in total. The fourth-order valence-corrected chi connectivity index (χ4v) is 3.52. The Labute approximate surface area is 126 Å². The number of hydrogen-bond acceptors (Lipinski definition) is 4. The van der Waals surface area contributed by atoms with Crippen molar-refractivity contribution >= 4 is 17.2 Å². The number of rotatable bonds is 3. The van der Waals surface area contributed by atoms with E-state index in [-0.39, 0.29) is 17.8 Å². The van der Waals surface area contributed by atoms with Crippen LogP contribution in [-0.2, 0) is 0 Å². The third-order valence-electron chi connectivity index (χ3n) is 3.73. The molecule has 0 bridgehead atoms. The Kier molecular flexibility index (Phi) is 3.98. The fraction of sp³-hybridized carbons (Fsp3) is 0.333. The van der Waals surface area contributed by atoms with Crippen molar-refractivity contribution < 1.29 is 9.18 Å². The molecule has 0 saturated carbocycles. The van der Waals surface area contributed by atoms with Crippen LogP contribution in [0.25, 0.3) is 10.6 Å². The lowest BCUT2D eigenvalue weighted by Crippen LogP contribution is -2.39. The molecule has 6 heteroatoms. The van der Waals surface area contributed by atoms with Crippen molar-refractivity contribution in [3.05, 3.63) is 41.2 Å². The zero-order valence-corrected chi connectivity index (χ0v) is 12.3.